The van der Waals surface area contributed by atoms with Gasteiger partial charge >= 0.3 is 0 Å². The van der Waals surface area contributed by atoms with Gasteiger partial charge in [0.1, 0.15) is 18.0 Å². The van der Waals surface area contributed by atoms with Crippen molar-refractivity contribution < 1.29 is 23.5 Å². The van der Waals surface area contributed by atoms with Gasteiger partial charge in [0.05, 0.1) is 23.9 Å². The van der Waals surface area contributed by atoms with Crippen molar-refractivity contribution in [2.75, 3.05) is 0 Å². The number of rotatable bonds is 12. The average Bonchev–Trinajstić information content (AvgIpc) is 2.89. The van der Waals surface area contributed by atoms with Crippen molar-refractivity contribution in [3.63, 3.8) is 0 Å². The molecule has 1 heterocycles. The van der Waals surface area contributed by atoms with E-state index in [0.717, 1.165) is 5.56 Å². The Morgan fingerprint density at radius 3 is 2.36 bits per heavy atom. The molecule has 9 heteroatoms. The number of ketones is 1. The van der Waals surface area contributed by atoms with E-state index in [9.17, 15) is 18.8 Å². The first-order valence-electron chi connectivity index (χ1n) is 11.5. The molecule has 0 spiro atoms. The molecule has 0 aliphatic rings. The summed E-state index contributed by atoms with van der Waals surface area (Å²) >= 11 is 5.82. The molecule has 0 saturated carbocycles. The van der Waals surface area contributed by atoms with Crippen LogP contribution < -0.4 is 10.6 Å². The van der Waals surface area contributed by atoms with Gasteiger partial charge in [0, 0.05) is 12.6 Å². The number of pyridine rings is 1. The third kappa shape index (κ3) is 8.25. The number of Topliss-reactive ketones (excluding diaryl/α,β-unsaturated/α-hetero) is 1. The number of hydrogen-bond acceptors (Lipinski definition) is 5. The van der Waals surface area contributed by atoms with Crippen LogP contribution in [0.1, 0.15) is 30.2 Å². The number of amides is 2. The van der Waals surface area contributed by atoms with Crippen molar-refractivity contribution in [2.45, 2.75) is 45.1 Å². The molecular formula is C27H27ClFN3O4. The van der Waals surface area contributed by atoms with Gasteiger partial charge in [0.2, 0.25) is 11.7 Å². The molecular weight excluding hydrogens is 485 g/mol. The van der Waals surface area contributed by atoms with Gasteiger partial charge in [-0.1, -0.05) is 61.0 Å². The fraction of sp³-hybridized carbons (Fsp3) is 0.259. The van der Waals surface area contributed by atoms with Gasteiger partial charge in [-0.15, -0.1) is 0 Å². The van der Waals surface area contributed by atoms with Gasteiger partial charge in [-0.2, -0.15) is 0 Å². The largest absolute Gasteiger partial charge is 0.364 e. The highest BCUT2D eigenvalue weighted by atomic mass is 35.5. The summed E-state index contributed by atoms with van der Waals surface area (Å²) in [6.07, 6.45) is 1.06. The van der Waals surface area contributed by atoms with E-state index in [1.54, 1.807) is 31.2 Å². The van der Waals surface area contributed by atoms with Gasteiger partial charge in [-0.05, 0) is 41.8 Å². The van der Waals surface area contributed by atoms with E-state index in [1.807, 2.05) is 30.3 Å². The molecule has 0 saturated heterocycles. The third-order valence-electron chi connectivity index (χ3n) is 5.39. The van der Waals surface area contributed by atoms with Crippen LogP contribution >= 0.6 is 11.6 Å². The zero-order valence-corrected chi connectivity index (χ0v) is 20.5. The van der Waals surface area contributed by atoms with E-state index in [-0.39, 0.29) is 25.4 Å². The lowest BCUT2D eigenvalue weighted by atomic mass is 10.0. The first-order chi connectivity index (χ1) is 17.4. The summed E-state index contributed by atoms with van der Waals surface area (Å²) in [5, 5.41) is 5.68. The van der Waals surface area contributed by atoms with Crippen LogP contribution in [0.4, 0.5) is 4.39 Å². The van der Waals surface area contributed by atoms with E-state index < -0.39 is 29.7 Å². The molecule has 2 N–H and O–H groups in total. The number of hydrogen-bond donors (Lipinski definition) is 2. The normalized spacial score (nSPS) is 12.4. The lowest BCUT2D eigenvalue weighted by Gasteiger charge is -2.22. The summed E-state index contributed by atoms with van der Waals surface area (Å²) in [5.41, 5.74) is 2.02. The van der Waals surface area contributed by atoms with Crippen molar-refractivity contribution in [1.82, 2.24) is 15.6 Å². The maximum absolute atomic E-state index is 13.1. The van der Waals surface area contributed by atoms with Crippen LogP contribution in [-0.4, -0.2) is 34.7 Å². The molecule has 0 fully saturated rings. The van der Waals surface area contributed by atoms with Crippen molar-refractivity contribution in [3.8, 4) is 0 Å². The minimum absolute atomic E-state index is 0.0338. The van der Waals surface area contributed by atoms with Gasteiger partial charge in [0.15, 0.2) is 0 Å². The van der Waals surface area contributed by atoms with Crippen molar-refractivity contribution in [2.24, 2.45) is 0 Å². The van der Waals surface area contributed by atoms with Gasteiger partial charge < -0.3 is 15.4 Å². The lowest BCUT2D eigenvalue weighted by Crippen LogP contribution is -2.51. The summed E-state index contributed by atoms with van der Waals surface area (Å²) in [6, 6.07) is 17.0. The molecule has 2 amide bonds. The van der Waals surface area contributed by atoms with E-state index >= 15 is 0 Å². The van der Waals surface area contributed by atoms with E-state index in [0.29, 0.717) is 22.7 Å². The Morgan fingerprint density at radius 1 is 1.00 bits per heavy atom. The third-order valence-corrected chi connectivity index (χ3v) is 5.61. The molecule has 1 aromatic heterocycles. The van der Waals surface area contributed by atoms with E-state index in [2.05, 4.69) is 15.6 Å². The number of carbonyl (C=O) groups excluding carboxylic acids is 3. The van der Waals surface area contributed by atoms with Crippen LogP contribution in [0.5, 0.6) is 0 Å². The molecule has 36 heavy (non-hydrogen) atoms. The zero-order chi connectivity index (χ0) is 25.9. The lowest BCUT2D eigenvalue weighted by molar-refractivity contribution is -0.142. The van der Waals surface area contributed by atoms with Gasteiger partial charge in [-0.3, -0.25) is 19.4 Å². The molecule has 2 atom stereocenters. The second-order valence-electron chi connectivity index (χ2n) is 8.10. The summed E-state index contributed by atoms with van der Waals surface area (Å²) < 4.78 is 18.9. The van der Waals surface area contributed by atoms with Crippen LogP contribution in [0.15, 0.2) is 72.9 Å². The standard InChI is InChI=1S/C27H27ClFN3O4/c1-2-24(36-17-19-8-11-21(29)12-9-19)26(34)32-23(14-18-6-4-3-5-7-18)25(33)27(35)31-16-22-13-10-20(28)15-30-22/h3-13,15,23-24H,2,14,16-17H2,1H3,(H,31,35)(H,32,34)/t23-,24-/m1/s1. The quantitative estimate of drug-likeness (QED) is 0.361. The molecule has 0 aliphatic carbocycles. The highest BCUT2D eigenvalue weighted by molar-refractivity contribution is 6.38. The first-order valence-corrected chi connectivity index (χ1v) is 11.9. The van der Waals surface area contributed by atoms with Gasteiger partial charge in [-0.25, -0.2) is 4.39 Å². The Bertz CT molecular complexity index is 1160. The molecule has 0 bridgehead atoms. The maximum Gasteiger partial charge on any atom is 0.289 e. The highest BCUT2D eigenvalue weighted by Gasteiger charge is 2.29. The van der Waals surface area contributed by atoms with E-state index in [4.69, 9.17) is 16.3 Å². The number of aromatic nitrogens is 1. The topological polar surface area (TPSA) is 97.4 Å². The maximum atomic E-state index is 13.1. The molecule has 0 unspecified atom stereocenters. The van der Waals surface area contributed by atoms with Crippen LogP contribution in [0.3, 0.4) is 0 Å². The number of nitrogens with zero attached hydrogens (tertiary/aromatic N) is 1. The molecule has 7 nitrogen and oxygen atoms in total. The molecule has 3 aromatic rings. The number of carbonyl (C=O) groups is 3. The Labute approximate surface area is 214 Å². The number of benzene rings is 2. The molecule has 3 rings (SSSR count). The van der Waals surface area contributed by atoms with Crippen LogP contribution in [0, 0.1) is 5.82 Å². The Balaban J connectivity index is 1.66. The van der Waals surface area contributed by atoms with Gasteiger partial charge in [0.25, 0.3) is 5.91 Å². The molecule has 0 radical (unpaired) electrons. The molecule has 188 valence electrons. The van der Waals surface area contributed by atoms with E-state index in [1.165, 1.54) is 18.3 Å². The summed E-state index contributed by atoms with van der Waals surface area (Å²) in [7, 11) is 0. The van der Waals surface area contributed by atoms with Crippen molar-refractivity contribution >= 4 is 29.2 Å². The monoisotopic (exact) mass is 511 g/mol. The first kappa shape index (κ1) is 27.0. The fourth-order valence-corrected chi connectivity index (χ4v) is 3.52. The second-order valence-corrected chi connectivity index (χ2v) is 8.54. The second kappa shape index (κ2) is 13.5. The predicted octanol–water partition coefficient (Wildman–Crippen LogP) is 3.78. The zero-order valence-electron chi connectivity index (χ0n) is 19.7. The predicted molar refractivity (Wildman–Crippen MR) is 133 cm³/mol. The molecule has 2 aromatic carbocycles. The summed E-state index contributed by atoms with van der Waals surface area (Å²) in [5.74, 6) is -2.50. The minimum atomic E-state index is -1.10. The minimum Gasteiger partial charge on any atom is -0.364 e. The number of halogens is 2. The summed E-state index contributed by atoms with van der Waals surface area (Å²) in [6.45, 7) is 1.90. The number of nitrogens with one attached hydrogen (secondary N) is 2. The van der Waals surface area contributed by atoms with Crippen molar-refractivity contribution in [3.05, 3.63) is 101 Å². The Morgan fingerprint density at radius 2 is 1.72 bits per heavy atom. The Hall–Kier alpha value is -3.62. The number of ether oxygens (including phenoxy) is 1. The molecule has 0 aliphatic heterocycles. The smallest absolute Gasteiger partial charge is 0.289 e. The highest BCUT2D eigenvalue weighted by Crippen LogP contribution is 2.10. The Kier molecular flexibility index (Phi) is 10.1. The fourth-order valence-electron chi connectivity index (χ4n) is 3.41. The van der Waals surface area contributed by atoms with Crippen LogP contribution in [-0.2, 0) is 38.7 Å². The summed E-state index contributed by atoms with van der Waals surface area (Å²) in [4.78, 5) is 42.8. The average molecular weight is 512 g/mol. The van der Waals surface area contributed by atoms with Crippen LogP contribution in [0.25, 0.3) is 0 Å². The SMILES string of the molecule is CC[C@@H](OCc1ccc(F)cc1)C(=O)N[C@H](Cc1ccccc1)C(=O)C(=O)NCc1ccc(Cl)cn1. The van der Waals surface area contributed by atoms with Crippen LogP contribution in [0.2, 0.25) is 5.02 Å². The van der Waals surface area contributed by atoms with Crippen molar-refractivity contribution in [1.29, 1.82) is 0 Å².